The summed E-state index contributed by atoms with van der Waals surface area (Å²) < 4.78 is 4.90. The summed E-state index contributed by atoms with van der Waals surface area (Å²) in [7, 11) is 1.50. The number of hydrogen-bond acceptors (Lipinski definition) is 3. The van der Waals surface area contributed by atoms with E-state index in [1.54, 1.807) is 12.1 Å². The lowest BCUT2D eigenvalue weighted by Gasteiger charge is -2.06. The molecule has 0 aliphatic rings. The van der Waals surface area contributed by atoms with Crippen molar-refractivity contribution in [3.63, 3.8) is 0 Å². The van der Waals surface area contributed by atoms with Crippen LogP contribution in [0.3, 0.4) is 0 Å². The first-order chi connectivity index (χ1) is 6.13. The van der Waals surface area contributed by atoms with Crippen LogP contribution in [-0.2, 0) is 0 Å². The zero-order valence-corrected chi connectivity index (χ0v) is 7.07. The van der Waals surface area contributed by atoms with Crippen molar-refractivity contribution in [1.82, 2.24) is 0 Å². The number of hydrogen-bond donors (Lipinski definition) is 3. The molecule has 0 radical (unpaired) electrons. The number of anilines is 2. The summed E-state index contributed by atoms with van der Waals surface area (Å²) in [5.41, 5.74) is 6.20. The zero-order chi connectivity index (χ0) is 9.84. The lowest BCUT2D eigenvalue weighted by Crippen LogP contribution is -2.09. The van der Waals surface area contributed by atoms with E-state index in [9.17, 15) is 4.79 Å². The summed E-state index contributed by atoms with van der Waals surface area (Å²) >= 11 is 0. The number of carboxylic acid groups (broad SMARTS) is 1. The maximum atomic E-state index is 10.3. The lowest BCUT2D eigenvalue weighted by atomic mass is 10.2. The molecule has 0 aromatic heterocycles. The highest BCUT2D eigenvalue weighted by Crippen LogP contribution is 2.23. The van der Waals surface area contributed by atoms with Gasteiger partial charge in [0.2, 0.25) is 0 Å². The molecule has 1 aromatic carbocycles. The van der Waals surface area contributed by atoms with Gasteiger partial charge >= 0.3 is 6.09 Å². The van der Waals surface area contributed by atoms with Gasteiger partial charge < -0.3 is 15.6 Å². The zero-order valence-electron chi connectivity index (χ0n) is 7.07. The Bertz CT molecular complexity index is 325. The standard InChI is InChI=1S/C8H10N2O3/c1-13-5-2-3-6(9)7(4-5)10-8(11)12/h2-4,10H,9H2,1H3,(H,11,12). The Morgan fingerprint density at radius 2 is 2.31 bits per heavy atom. The second-order valence-electron chi connectivity index (χ2n) is 2.38. The van der Waals surface area contributed by atoms with Gasteiger partial charge in [-0.15, -0.1) is 0 Å². The van der Waals surface area contributed by atoms with E-state index in [4.69, 9.17) is 15.6 Å². The van der Waals surface area contributed by atoms with Crippen LogP contribution in [0.15, 0.2) is 18.2 Å². The molecule has 4 N–H and O–H groups in total. The van der Waals surface area contributed by atoms with Gasteiger partial charge in [0, 0.05) is 6.07 Å². The van der Waals surface area contributed by atoms with Crippen molar-refractivity contribution in [3.8, 4) is 5.75 Å². The number of benzene rings is 1. The Kier molecular flexibility index (Phi) is 2.59. The molecule has 13 heavy (non-hydrogen) atoms. The van der Waals surface area contributed by atoms with Gasteiger partial charge in [0.15, 0.2) is 0 Å². The van der Waals surface area contributed by atoms with Crippen LogP contribution in [0, 0.1) is 0 Å². The maximum Gasteiger partial charge on any atom is 0.409 e. The predicted molar refractivity (Wildman–Crippen MR) is 49.1 cm³/mol. The first kappa shape index (κ1) is 9.18. The van der Waals surface area contributed by atoms with E-state index in [-0.39, 0.29) is 0 Å². The van der Waals surface area contributed by atoms with E-state index in [1.807, 2.05) is 0 Å². The highest BCUT2D eigenvalue weighted by atomic mass is 16.5. The lowest BCUT2D eigenvalue weighted by molar-refractivity contribution is 0.210. The average molecular weight is 182 g/mol. The van der Waals surface area contributed by atoms with Crippen LogP contribution in [0.25, 0.3) is 0 Å². The normalized spacial score (nSPS) is 9.31. The fraction of sp³-hybridized carbons (Fsp3) is 0.125. The molecule has 0 spiro atoms. The van der Waals surface area contributed by atoms with Gasteiger partial charge in [0.25, 0.3) is 0 Å². The van der Waals surface area contributed by atoms with Gasteiger partial charge in [-0.2, -0.15) is 0 Å². The fourth-order valence-electron chi connectivity index (χ4n) is 0.886. The quantitative estimate of drug-likeness (QED) is 0.603. The number of nitrogens with one attached hydrogen (secondary N) is 1. The van der Waals surface area contributed by atoms with Gasteiger partial charge in [-0.05, 0) is 12.1 Å². The maximum absolute atomic E-state index is 10.3. The molecule has 0 aliphatic carbocycles. The highest BCUT2D eigenvalue weighted by Gasteiger charge is 2.03. The molecular weight excluding hydrogens is 172 g/mol. The SMILES string of the molecule is COc1ccc(N)c(NC(=O)O)c1. The number of carbonyl (C=O) groups is 1. The van der Waals surface area contributed by atoms with Crippen LogP contribution in [0.5, 0.6) is 5.75 Å². The Hall–Kier alpha value is -1.91. The third-order valence-electron chi connectivity index (χ3n) is 1.50. The summed E-state index contributed by atoms with van der Waals surface area (Å²) in [5, 5.41) is 10.6. The molecular formula is C8H10N2O3. The van der Waals surface area contributed by atoms with Crippen LogP contribution in [0.2, 0.25) is 0 Å². The third kappa shape index (κ3) is 2.26. The topological polar surface area (TPSA) is 84.6 Å². The summed E-state index contributed by atoms with van der Waals surface area (Å²) in [6.07, 6.45) is -1.15. The van der Waals surface area contributed by atoms with E-state index in [1.165, 1.54) is 13.2 Å². The molecule has 0 bridgehead atoms. The van der Waals surface area contributed by atoms with Crippen molar-refractivity contribution in [2.24, 2.45) is 0 Å². The first-order valence-electron chi connectivity index (χ1n) is 3.57. The van der Waals surface area contributed by atoms with Crippen molar-refractivity contribution in [2.45, 2.75) is 0 Å². The Labute approximate surface area is 75.1 Å². The van der Waals surface area contributed by atoms with Gasteiger partial charge in [-0.3, -0.25) is 5.32 Å². The monoisotopic (exact) mass is 182 g/mol. The molecule has 0 fully saturated rings. The molecule has 0 atom stereocenters. The number of ether oxygens (including phenoxy) is 1. The summed E-state index contributed by atoms with van der Waals surface area (Å²) in [6, 6.07) is 4.75. The van der Waals surface area contributed by atoms with Crippen LogP contribution < -0.4 is 15.8 Å². The van der Waals surface area contributed by atoms with Gasteiger partial charge in [-0.1, -0.05) is 0 Å². The molecule has 0 unspecified atom stereocenters. The molecule has 1 rings (SSSR count). The van der Waals surface area contributed by atoms with Crippen molar-refractivity contribution in [3.05, 3.63) is 18.2 Å². The number of nitrogens with two attached hydrogens (primary N) is 1. The van der Waals surface area contributed by atoms with Crippen LogP contribution >= 0.6 is 0 Å². The molecule has 0 heterocycles. The van der Waals surface area contributed by atoms with Crippen LogP contribution in [0.4, 0.5) is 16.2 Å². The molecule has 5 heteroatoms. The number of rotatable bonds is 2. The number of nitrogen functional groups attached to an aromatic ring is 1. The second kappa shape index (κ2) is 3.66. The van der Waals surface area contributed by atoms with Crippen molar-refractivity contribution in [1.29, 1.82) is 0 Å². The Morgan fingerprint density at radius 3 is 2.85 bits per heavy atom. The predicted octanol–water partition coefficient (Wildman–Crippen LogP) is 1.37. The second-order valence-corrected chi connectivity index (χ2v) is 2.38. The molecule has 5 nitrogen and oxygen atoms in total. The molecule has 70 valence electrons. The first-order valence-corrected chi connectivity index (χ1v) is 3.57. The highest BCUT2D eigenvalue weighted by molar-refractivity contribution is 5.88. The van der Waals surface area contributed by atoms with Gasteiger partial charge in [0.05, 0.1) is 18.5 Å². The average Bonchev–Trinajstić information content (AvgIpc) is 2.08. The van der Waals surface area contributed by atoms with E-state index in [0.29, 0.717) is 17.1 Å². The largest absolute Gasteiger partial charge is 0.497 e. The van der Waals surface area contributed by atoms with E-state index >= 15 is 0 Å². The minimum absolute atomic E-state index is 0.326. The minimum atomic E-state index is -1.15. The van der Waals surface area contributed by atoms with E-state index in [0.717, 1.165) is 0 Å². The number of methoxy groups -OCH3 is 1. The number of amides is 1. The minimum Gasteiger partial charge on any atom is -0.497 e. The smallest absolute Gasteiger partial charge is 0.409 e. The van der Waals surface area contributed by atoms with Crippen LogP contribution in [-0.4, -0.2) is 18.3 Å². The van der Waals surface area contributed by atoms with Crippen molar-refractivity contribution < 1.29 is 14.6 Å². The van der Waals surface area contributed by atoms with Crippen LogP contribution in [0.1, 0.15) is 0 Å². The molecule has 1 amide bonds. The summed E-state index contributed by atoms with van der Waals surface area (Å²) in [4.78, 5) is 10.3. The molecule has 0 saturated carbocycles. The third-order valence-corrected chi connectivity index (χ3v) is 1.50. The Balaban J connectivity index is 2.96. The van der Waals surface area contributed by atoms with Gasteiger partial charge in [0.1, 0.15) is 5.75 Å². The molecule has 0 aliphatic heterocycles. The van der Waals surface area contributed by atoms with Crippen molar-refractivity contribution >= 4 is 17.5 Å². The molecule has 1 aromatic rings. The van der Waals surface area contributed by atoms with Gasteiger partial charge in [-0.25, -0.2) is 4.79 Å². The molecule has 0 saturated heterocycles. The van der Waals surface area contributed by atoms with Crippen molar-refractivity contribution in [2.75, 3.05) is 18.2 Å². The summed E-state index contributed by atoms with van der Waals surface area (Å²) in [6.45, 7) is 0. The summed E-state index contributed by atoms with van der Waals surface area (Å²) in [5.74, 6) is 0.554. The van der Waals surface area contributed by atoms with E-state index < -0.39 is 6.09 Å². The Morgan fingerprint density at radius 1 is 1.62 bits per heavy atom. The fourth-order valence-corrected chi connectivity index (χ4v) is 0.886. The van der Waals surface area contributed by atoms with E-state index in [2.05, 4.69) is 5.32 Å².